The lowest BCUT2D eigenvalue weighted by Gasteiger charge is -2.01. The number of hydrogen-bond acceptors (Lipinski definition) is 6. The molecule has 0 N–H and O–H groups in total. The van der Waals surface area contributed by atoms with Crippen LogP contribution in [0.5, 0.6) is 0 Å². The minimum absolute atomic E-state index is 0.528. The molecule has 6 nitrogen and oxygen atoms in total. The summed E-state index contributed by atoms with van der Waals surface area (Å²) < 4.78 is 0. The first-order valence-electron chi connectivity index (χ1n) is 7.66. The molecule has 0 heterocycles. The quantitative estimate of drug-likeness (QED) is 0.350. The highest BCUT2D eigenvalue weighted by molar-refractivity contribution is 6.00. The molecule has 0 saturated heterocycles. The fraction of sp³-hybridized carbons (Fsp3) is 0.158. The Morgan fingerprint density at radius 2 is 1.08 bits per heavy atom. The summed E-state index contributed by atoms with van der Waals surface area (Å²) in [4.78, 5) is 32.7. The Balaban J connectivity index is 1.83. The summed E-state index contributed by atoms with van der Waals surface area (Å²) >= 11 is 0. The molecule has 6 heteroatoms. The summed E-state index contributed by atoms with van der Waals surface area (Å²) in [6, 6.07) is 18.5. The van der Waals surface area contributed by atoms with Crippen LogP contribution >= 0.6 is 0 Å². The van der Waals surface area contributed by atoms with Crippen LogP contribution < -0.4 is 0 Å². The highest BCUT2D eigenvalue weighted by atomic mass is 16.7. The van der Waals surface area contributed by atoms with Gasteiger partial charge in [-0.25, -0.2) is 9.59 Å². The Kier molecular flexibility index (Phi) is 6.59. The van der Waals surface area contributed by atoms with E-state index in [1.54, 1.807) is 13.8 Å². The van der Waals surface area contributed by atoms with Crippen LogP contribution in [0.3, 0.4) is 0 Å². The minimum Gasteiger partial charge on any atom is -0.317 e. The second-order valence-electron chi connectivity index (χ2n) is 5.19. The number of oxime groups is 2. The van der Waals surface area contributed by atoms with E-state index in [0.717, 1.165) is 11.1 Å². The second-order valence-corrected chi connectivity index (χ2v) is 5.19. The van der Waals surface area contributed by atoms with E-state index in [9.17, 15) is 9.59 Å². The zero-order valence-corrected chi connectivity index (χ0v) is 14.0. The van der Waals surface area contributed by atoms with E-state index in [2.05, 4.69) is 10.3 Å². The Hall–Kier alpha value is -3.28. The molecule has 0 spiro atoms. The van der Waals surface area contributed by atoms with Crippen LogP contribution in [0.1, 0.15) is 31.4 Å². The van der Waals surface area contributed by atoms with Crippen molar-refractivity contribution in [3.05, 3.63) is 71.8 Å². The lowest BCUT2D eigenvalue weighted by atomic mass is 10.1. The molecule has 0 saturated carbocycles. The van der Waals surface area contributed by atoms with Crippen molar-refractivity contribution < 1.29 is 19.3 Å². The molecule has 0 bridgehead atoms. The summed E-state index contributed by atoms with van der Waals surface area (Å²) in [6.45, 7) is 3.41. The molecular formula is C19H18N2O4. The van der Waals surface area contributed by atoms with Crippen molar-refractivity contribution in [2.75, 3.05) is 0 Å². The van der Waals surface area contributed by atoms with Crippen LogP contribution in [0.4, 0.5) is 0 Å². The molecule has 2 rings (SSSR count). The first-order valence-corrected chi connectivity index (χ1v) is 7.66. The molecule has 2 aromatic carbocycles. The van der Waals surface area contributed by atoms with Crippen molar-refractivity contribution in [1.82, 2.24) is 0 Å². The van der Waals surface area contributed by atoms with Crippen molar-refractivity contribution in [3.63, 3.8) is 0 Å². The Bertz CT molecular complexity index is 716. The average molecular weight is 338 g/mol. The van der Waals surface area contributed by atoms with Gasteiger partial charge in [-0.2, -0.15) is 0 Å². The number of carbonyl (C=O) groups excluding carboxylic acids is 2. The maximum Gasteiger partial charge on any atom is 0.346 e. The molecule has 25 heavy (non-hydrogen) atoms. The average Bonchev–Trinajstić information content (AvgIpc) is 2.65. The SMILES string of the molecule is CC(=NOC(=O)CC(=O)ON=C(C)c1ccccc1)c1ccccc1. The third-order valence-corrected chi connectivity index (χ3v) is 3.24. The Morgan fingerprint density at radius 1 is 0.720 bits per heavy atom. The predicted molar refractivity (Wildman–Crippen MR) is 94.1 cm³/mol. The van der Waals surface area contributed by atoms with Gasteiger partial charge in [-0.3, -0.25) is 0 Å². The molecule has 0 atom stereocenters. The van der Waals surface area contributed by atoms with Gasteiger partial charge < -0.3 is 9.68 Å². The van der Waals surface area contributed by atoms with E-state index in [1.807, 2.05) is 60.7 Å². The molecule has 0 aliphatic carbocycles. The van der Waals surface area contributed by atoms with E-state index in [0.29, 0.717) is 11.4 Å². The van der Waals surface area contributed by atoms with Crippen LogP contribution in [0.2, 0.25) is 0 Å². The number of benzene rings is 2. The van der Waals surface area contributed by atoms with Crippen molar-refractivity contribution >= 4 is 23.4 Å². The maximum atomic E-state index is 11.6. The smallest absolute Gasteiger partial charge is 0.317 e. The van der Waals surface area contributed by atoms with Gasteiger partial charge in [0.25, 0.3) is 0 Å². The van der Waals surface area contributed by atoms with E-state index in [-0.39, 0.29) is 0 Å². The number of hydrogen-bond donors (Lipinski definition) is 0. The minimum atomic E-state index is -0.812. The molecule has 2 aromatic rings. The standard InChI is InChI=1S/C19H18N2O4/c1-14(16-9-5-3-6-10-16)20-24-18(22)13-19(23)25-21-15(2)17-11-7-4-8-12-17/h3-12H,13H2,1-2H3. The van der Waals surface area contributed by atoms with Crippen LogP contribution in [-0.4, -0.2) is 23.4 Å². The van der Waals surface area contributed by atoms with Gasteiger partial charge >= 0.3 is 11.9 Å². The molecule has 128 valence electrons. The van der Waals surface area contributed by atoms with Crippen LogP contribution in [0.25, 0.3) is 0 Å². The fourth-order valence-electron chi connectivity index (χ4n) is 1.89. The van der Waals surface area contributed by atoms with Gasteiger partial charge in [0.2, 0.25) is 0 Å². The van der Waals surface area contributed by atoms with Gasteiger partial charge in [-0.1, -0.05) is 71.0 Å². The summed E-state index contributed by atoms with van der Waals surface area (Å²) in [7, 11) is 0. The lowest BCUT2D eigenvalue weighted by molar-refractivity contribution is -0.154. The highest BCUT2D eigenvalue weighted by Gasteiger charge is 2.13. The van der Waals surface area contributed by atoms with E-state index >= 15 is 0 Å². The Labute approximate surface area is 145 Å². The van der Waals surface area contributed by atoms with Crippen molar-refractivity contribution in [2.24, 2.45) is 10.3 Å². The molecule has 0 aromatic heterocycles. The topological polar surface area (TPSA) is 77.3 Å². The van der Waals surface area contributed by atoms with Gasteiger partial charge in [-0.15, -0.1) is 0 Å². The van der Waals surface area contributed by atoms with Crippen LogP contribution in [-0.2, 0) is 19.3 Å². The second kappa shape index (κ2) is 9.12. The predicted octanol–water partition coefficient (Wildman–Crippen LogP) is 3.31. The number of rotatable bonds is 6. The lowest BCUT2D eigenvalue weighted by Crippen LogP contribution is -2.11. The zero-order chi connectivity index (χ0) is 18.1. The maximum absolute atomic E-state index is 11.6. The summed E-state index contributed by atoms with van der Waals surface area (Å²) in [5.41, 5.74) is 2.70. The van der Waals surface area contributed by atoms with Gasteiger partial charge in [0.05, 0.1) is 11.4 Å². The third-order valence-electron chi connectivity index (χ3n) is 3.24. The van der Waals surface area contributed by atoms with Crippen LogP contribution in [0.15, 0.2) is 71.0 Å². The molecule has 0 aliphatic rings. The van der Waals surface area contributed by atoms with Gasteiger partial charge in [0.1, 0.15) is 6.42 Å². The largest absolute Gasteiger partial charge is 0.346 e. The summed E-state index contributed by atoms with van der Waals surface area (Å²) in [6.07, 6.45) is -0.572. The molecule has 0 amide bonds. The van der Waals surface area contributed by atoms with E-state index < -0.39 is 18.4 Å². The van der Waals surface area contributed by atoms with Crippen LogP contribution in [0, 0.1) is 0 Å². The summed E-state index contributed by atoms with van der Waals surface area (Å²) in [5.74, 6) is -1.62. The number of nitrogens with zero attached hydrogens (tertiary/aromatic N) is 2. The van der Waals surface area contributed by atoms with Gasteiger partial charge in [0.15, 0.2) is 0 Å². The molecule has 0 unspecified atom stereocenters. The third kappa shape index (κ3) is 6.02. The van der Waals surface area contributed by atoms with Crippen molar-refractivity contribution in [1.29, 1.82) is 0 Å². The molecule has 0 aliphatic heterocycles. The van der Waals surface area contributed by atoms with Gasteiger partial charge in [0, 0.05) is 0 Å². The summed E-state index contributed by atoms with van der Waals surface area (Å²) in [5, 5.41) is 7.43. The van der Waals surface area contributed by atoms with Crippen molar-refractivity contribution in [2.45, 2.75) is 20.3 Å². The van der Waals surface area contributed by atoms with Gasteiger partial charge in [-0.05, 0) is 25.0 Å². The first kappa shape index (κ1) is 18.1. The molecular weight excluding hydrogens is 320 g/mol. The monoisotopic (exact) mass is 338 g/mol. The van der Waals surface area contributed by atoms with Crippen molar-refractivity contribution in [3.8, 4) is 0 Å². The van der Waals surface area contributed by atoms with E-state index in [4.69, 9.17) is 9.68 Å². The Morgan fingerprint density at radius 3 is 1.44 bits per heavy atom. The van der Waals surface area contributed by atoms with E-state index in [1.165, 1.54) is 0 Å². The first-order chi connectivity index (χ1) is 12.1. The highest BCUT2D eigenvalue weighted by Crippen LogP contribution is 2.03. The zero-order valence-electron chi connectivity index (χ0n) is 14.0. The fourth-order valence-corrected chi connectivity index (χ4v) is 1.89. The number of carbonyl (C=O) groups is 2. The molecule has 0 radical (unpaired) electrons. The normalized spacial score (nSPS) is 11.8. The molecule has 0 fully saturated rings.